The summed E-state index contributed by atoms with van der Waals surface area (Å²) in [5.74, 6) is -4.60. The van der Waals surface area contributed by atoms with Gasteiger partial charge in [0.2, 0.25) is 0 Å². The fourth-order valence-electron chi connectivity index (χ4n) is 3.58. The lowest BCUT2D eigenvalue weighted by Gasteiger charge is -2.43. The molecule has 2 aromatic heterocycles. The first kappa shape index (κ1) is 27.2. The van der Waals surface area contributed by atoms with Crippen LogP contribution in [0.5, 0.6) is 0 Å². The molecule has 3 unspecified atom stereocenters. The van der Waals surface area contributed by atoms with Crippen LogP contribution < -0.4 is 0 Å². The number of phosphoric acid groups is 1. The summed E-state index contributed by atoms with van der Waals surface area (Å²) in [5.41, 5.74) is -1.52. The molecule has 1 aliphatic heterocycles. The Morgan fingerprint density at radius 1 is 1.19 bits per heavy atom. The van der Waals surface area contributed by atoms with Crippen molar-refractivity contribution in [1.29, 1.82) is 0 Å². The summed E-state index contributed by atoms with van der Waals surface area (Å²) in [5, 5.41) is 28.2. The average Bonchev–Trinajstić information content (AvgIpc) is 3.28. The maximum absolute atomic E-state index is 13.7. The summed E-state index contributed by atoms with van der Waals surface area (Å²) < 4.78 is 64.8. The van der Waals surface area contributed by atoms with E-state index in [0.717, 1.165) is 22.6 Å². The van der Waals surface area contributed by atoms with Crippen molar-refractivity contribution in [2.24, 2.45) is 0 Å². The number of benzene rings is 1. The van der Waals surface area contributed by atoms with Crippen LogP contribution in [0.3, 0.4) is 0 Å². The molecule has 3 heterocycles. The van der Waals surface area contributed by atoms with Crippen LogP contribution >= 0.6 is 35.5 Å². The van der Waals surface area contributed by atoms with Crippen LogP contribution in [-0.2, 0) is 13.8 Å². The minimum atomic E-state index is -5.16. The summed E-state index contributed by atoms with van der Waals surface area (Å²) in [6.07, 6.45) is -0.330. The molecule has 1 aliphatic rings. The van der Waals surface area contributed by atoms with Gasteiger partial charge in [-0.25, -0.2) is 22.4 Å². The van der Waals surface area contributed by atoms with Crippen LogP contribution in [0.4, 0.5) is 13.2 Å². The third-order valence-electron chi connectivity index (χ3n) is 5.11. The molecule has 194 valence electrons. The Morgan fingerprint density at radius 2 is 1.89 bits per heavy atom. The van der Waals surface area contributed by atoms with Gasteiger partial charge in [-0.1, -0.05) is 17.0 Å². The highest BCUT2D eigenvalue weighted by Crippen LogP contribution is 2.47. The lowest BCUT2D eigenvalue weighted by Crippen LogP contribution is -2.55. The van der Waals surface area contributed by atoms with Crippen molar-refractivity contribution in [1.82, 2.24) is 20.0 Å². The van der Waals surface area contributed by atoms with E-state index in [2.05, 4.69) is 31.2 Å². The number of thioether (sulfide) groups is 1. The predicted molar refractivity (Wildman–Crippen MR) is 121 cm³/mol. The predicted octanol–water partition coefficient (Wildman–Crippen LogP) is 2.41. The highest BCUT2D eigenvalue weighted by atomic mass is 79.9. The van der Waals surface area contributed by atoms with Gasteiger partial charge in [-0.2, -0.15) is 0 Å². The number of rotatable bonds is 7. The summed E-state index contributed by atoms with van der Waals surface area (Å²) in [6, 6.07) is 1.63. The molecule has 1 saturated heterocycles. The van der Waals surface area contributed by atoms with E-state index in [1.165, 1.54) is 12.4 Å². The number of pyridine rings is 1. The summed E-state index contributed by atoms with van der Waals surface area (Å²) in [7, 11) is -5.16. The first-order chi connectivity index (χ1) is 17.0. The van der Waals surface area contributed by atoms with Crippen molar-refractivity contribution in [3.63, 3.8) is 0 Å². The molecule has 0 spiro atoms. The molecule has 5 atom stereocenters. The van der Waals surface area contributed by atoms with Gasteiger partial charge in [-0.3, -0.25) is 9.51 Å². The number of ether oxygens (including phenoxy) is 1. The van der Waals surface area contributed by atoms with Crippen molar-refractivity contribution in [2.45, 2.75) is 34.7 Å². The molecule has 3 aromatic rings. The van der Waals surface area contributed by atoms with Crippen LogP contribution in [0, 0.1) is 17.5 Å². The molecular weight excluding hydrogens is 596 g/mol. The Hall–Kier alpha value is -1.88. The van der Waals surface area contributed by atoms with E-state index in [1.54, 1.807) is 6.07 Å². The van der Waals surface area contributed by atoms with Gasteiger partial charge >= 0.3 is 7.82 Å². The van der Waals surface area contributed by atoms with Crippen LogP contribution in [-0.4, -0.2) is 70.3 Å². The second-order valence-electron chi connectivity index (χ2n) is 7.56. The normalized spacial score (nSPS) is 24.7. The standard InChI is InChI=1S/C19H17BrF3N4O7PS/c20-9-3-10(5-24-4-9)36-19-18(34-35(30,31)32)16(17(29)14(7-28)33-19)27-6-13(25-26-27)8-1-11(21)15(23)12(22)2-8/h1-6,14,16-19,28-29H,7H2,(H2,30,31,32)/t14?,16?,17-,18?,19+/m0/s1. The lowest BCUT2D eigenvalue weighted by molar-refractivity contribution is -0.175. The molecule has 0 saturated carbocycles. The van der Waals surface area contributed by atoms with E-state index in [0.29, 0.717) is 21.5 Å². The second-order valence-corrected chi connectivity index (χ2v) is 10.8. The number of hydrogen-bond acceptors (Lipinski definition) is 9. The Kier molecular flexibility index (Phi) is 8.19. The van der Waals surface area contributed by atoms with Crippen molar-refractivity contribution in [3.05, 3.63) is 58.7 Å². The fraction of sp³-hybridized carbons (Fsp3) is 0.316. The minimum Gasteiger partial charge on any atom is -0.394 e. The maximum atomic E-state index is 13.7. The van der Waals surface area contributed by atoms with Crippen LogP contribution in [0.15, 0.2) is 46.2 Å². The molecule has 1 aromatic carbocycles. The largest absolute Gasteiger partial charge is 0.470 e. The first-order valence-electron chi connectivity index (χ1n) is 9.99. The molecule has 0 bridgehead atoms. The number of aromatic nitrogens is 4. The molecule has 17 heteroatoms. The van der Waals surface area contributed by atoms with Gasteiger partial charge in [0.25, 0.3) is 0 Å². The van der Waals surface area contributed by atoms with E-state index in [9.17, 15) is 37.7 Å². The first-order valence-corrected chi connectivity index (χ1v) is 13.2. The quantitative estimate of drug-likeness (QED) is 0.229. The van der Waals surface area contributed by atoms with E-state index >= 15 is 0 Å². The van der Waals surface area contributed by atoms with Gasteiger partial charge in [-0.05, 0) is 34.1 Å². The third-order valence-corrected chi connectivity index (χ3v) is 7.17. The van der Waals surface area contributed by atoms with E-state index in [-0.39, 0.29) is 11.3 Å². The Balaban J connectivity index is 1.74. The number of aliphatic hydroxyl groups is 2. The highest BCUT2D eigenvalue weighted by Gasteiger charge is 2.50. The molecule has 11 nitrogen and oxygen atoms in total. The molecule has 0 aliphatic carbocycles. The lowest BCUT2D eigenvalue weighted by atomic mass is 9.97. The second kappa shape index (κ2) is 10.8. The molecule has 4 rings (SSSR count). The Labute approximate surface area is 213 Å². The number of nitrogens with zero attached hydrogens (tertiary/aromatic N) is 4. The van der Waals surface area contributed by atoms with Crippen LogP contribution in [0.25, 0.3) is 11.3 Å². The molecule has 0 radical (unpaired) electrons. The van der Waals surface area contributed by atoms with E-state index in [1.807, 2.05) is 0 Å². The smallest absolute Gasteiger partial charge is 0.394 e. The fourth-order valence-corrected chi connectivity index (χ4v) is 5.86. The number of halogens is 4. The zero-order valence-corrected chi connectivity index (χ0v) is 21.0. The molecular formula is C19H17BrF3N4O7PS. The topological polar surface area (TPSA) is 160 Å². The van der Waals surface area contributed by atoms with Crippen molar-refractivity contribution < 1.29 is 47.0 Å². The number of aliphatic hydroxyl groups excluding tert-OH is 2. The Bertz CT molecular complexity index is 1280. The van der Waals surface area contributed by atoms with E-state index in [4.69, 9.17) is 9.26 Å². The molecule has 4 N–H and O–H groups in total. The maximum Gasteiger partial charge on any atom is 0.470 e. The molecule has 36 heavy (non-hydrogen) atoms. The summed E-state index contributed by atoms with van der Waals surface area (Å²) in [4.78, 5) is 23.6. The van der Waals surface area contributed by atoms with Crippen molar-refractivity contribution in [3.8, 4) is 11.3 Å². The monoisotopic (exact) mass is 612 g/mol. The van der Waals surface area contributed by atoms with Crippen molar-refractivity contribution in [2.75, 3.05) is 6.61 Å². The van der Waals surface area contributed by atoms with E-state index < -0.39 is 61.7 Å². The van der Waals surface area contributed by atoms with Crippen molar-refractivity contribution >= 4 is 35.5 Å². The van der Waals surface area contributed by atoms with Gasteiger partial charge in [-0.15, -0.1) is 5.10 Å². The molecule has 0 amide bonds. The third kappa shape index (κ3) is 5.98. The minimum absolute atomic E-state index is 0.137. The molecule has 1 fully saturated rings. The summed E-state index contributed by atoms with van der Waals surface area (Å²) >= 11 is 4.21. The Morgan fingerprint density at radius 3 is 2.50 bits per heavy atom. The number of phosphoric ester groups is 1. The summed E-state index contributed by atoms with van der Waals surface area (Å²) in [6.45, 7) is -0.677. The van der Waals surface area contributed by atoms with Gasteiger partial charge in [0.1, 0.15) is 35.5 Å². The highest BCUT2D eigenvalue weighted by molar-refractivity contribution is 9.10. The SMILES string of the molecule is O=P(O)(O)OC1C(n2cc(-c3cc(F)c(F)c(F)c3)nn2)[C@@H](O)C(CO)O[C@@H]1Sc1cncc(Br)c1. The average molecular weight is 613 g/mol. The van der Waals surface area contributed by atoms with Gasteiger partial charge < -0.3 is 24.7 Å². The van der Waals surface area contributed by atoms with Crippen LogP contribution in [0.2, 0.25) is 0 Å². The van der Waals surface area contributed by atoms with Gasteiger partial charge in [0.05, 0.1) is 12.8 Å². The van der Waals surface area contributed by atoms with Crippen LogP contribution in [0.1, 0.15) is 6.04 Å². The zero-order valence-electron chi connectivity index (χ0n) is 17.7. The number of hydrogen-bond donors (Lipinski definition) is 4. The zero-order chi connectivity index (χ0) is 26.2. The van der Waals surface area contributed by atoms with Gasteiger partial charge in [0.15, 0.2) is 17.5 Å². The van der Waals surface area contributed by atoms with Gasteiger partial charge in [0, 0.05) is 27.3 Å².